The Hall–Kier alpha value is -1.85. The average Bonchev–Trinajstić information content (AvgIpc) is 3.51. The van der Waals surface area contributed by atoms with Crippen molar-refractivity contribution < 1.29 is 23.4 Å². The molecule has 1 aromatic carbocycles. The molecule has 0 amide bonds. The largest absolute Gasteiger partial charge is 0.413 e. The minimum atomic E-state index is -2.08. The predicted octanol–water partition coefficient (Wildman–Crippen LogP) is 6.91. The highest BCUT2D eigenvalue weighted by atomic mass is 35.5. The number of rotatable bonds is 8. The Morgan fingerprint density at radius 3 is 2.46 bits per heavy atom. The lowest BCUT2D eigenvalue weighted by Crippen LogP contribution is -2.40. The first-order valence-electron chi connectivity index (χ1n) is 12.9. The van der Waals surface area contributed by atoms with Crippen LogP contribution in [0.25, 0.3) is 0 Å². The second-order valence-corrected chi connectivity index (χ2v) is 17.5. The van der Waals surface area contributed by atoms with Crippen LogP contribution in [0.1, 0.15) is 62.3 Å². The molecule has 0 aliphatic carbocycles. The molecule has 1 aromatic heterocycles. The molecule has 3 heterocycles. The van der Waals surface area contributed by atoms with Crippen LogP contribution in [-0.2, 0) is 25.2 Å². The van der Waals surface area contributed by atoms with Gasteiger partial charge in [0.1, 0.15) is 23.2 Å². The zero-order chi connectivity index (χ0) is 28.9. The molecule has 0 spiro atoms. The number of Topliss-reactive ketones (excluding diaryl/α,β-unsaturated/α-hetero) is 1. The van der Waals surface area contributed by atoms with Crippen LogP contribution in [-0.4, -0.2) is 61.7 Å². The van der Waals surface area contributed by atoms with E-state index in [1.807, 2.05) is 13.8 Å². The van der Waals surface area contributed by atoms with Crippen molar-refractivity contribution in [2.24, 2.45) is 9.98 Å². The van der Waals surface area contributed by atoms with Crippen molar-refractivity contribution in [1.29, 1.82) is 0 Å². The van der Waals surface area contributed by atoms with Gasteiger partial charge in [-0.1, -0.05) is 44.0 Å². The molecule has 0 N–H and O–H groups in total. The quantitative estimate of drug-likeness (QED) is 0.188. The third-order valence-corrected chi connectivity index (χ3v) is 12.8. The van der Waals surface area contributed by atoms with Gasteiger partial charge in [-0.3, -0.25) is 9.79 Å². The van der Waals surface area contributed by atoms with Gasteiger partial charge in [0.15, 0.2) is 32.2 Å². The minimum Gasteiger partial charge on any atom is -0.413 e. The molecule has 11 heteroatoms. The van der Waals surface area contributed by atoms with Crippen molar-refractivity contribution in [3.63, 3.8) is 0 Å². The van der Waals surface area contributed by atoms with E-state index in [1.165, 1.54) is 0 Å². The van der Waals surface area contributed by atoms with E-state index < -0.39 is 38.6 Å². The molecule has 4 rings (SSSR count). The lowest BCUT2D eigenvalue weighted by molar-refractivity contribution is -0.190. The van der Waals surface area contributed by atoms with Gasteiger partial charge in [0.05, 0.1) is 12.2 Å². The summed E-state index contributed by atoms with van der Waals surface area (Å²) in [4.78, 5) is 22.3. The Balaban J connectivity index is 1.69. The summed E-state index contributed by atoms with van der Waals surface area (Å²) in [5.41, 5.74) is 1.79. The summed E-state index contributed by atoms with van der Waals surface area (Å²) < 4.78 is 27.1. The molecule has 2 aromatic rings. The molecule has 212 valence electrons. The molecule has 8 nitrogen and oxygen atoms in total. The summed E-state index contributed by atoms with van der Waals surface area (Å²) >= 11 is 12.7. The molecule has 39 heavy (non-hydrogen) atoms. The summed E-state index contributed by atoms with van der Waals surface area (Å²) in [5, 5.41) is 0.833. The third kappa shape index (κ3) is 5.81. The van der Waals surface area contributed by atoms with Crippen LogP contribution in [0, 0.1) is 0 Å². The van der Waals surface area contributed by atoms with Gasteiger partial charge < -0.3 is 23.2 Å². The SMILES string of the molecule is C=Nc1c(/C(Cl)=N\C)ccn1[C@@H]1O[C@H](C(=O)c2ccc(Cl)cc2CO[Si](C)(C)C(C)(C)C)[C@H]2OC(C)(C)O[C@H]21. The lowest BCUT2D eigenvalue weighted by Gasteiger charge is -2.36. The highest BCUT2D eigenvalue weighted by molar-refractivity contribution is 6.74. The topological polar surface area (TPSA) is 83.6 Å². The first-order chi connectivity index (χ1) is 18.1. The fourth-order valence-electron chi connectivity index (χ4n) is 4.65. The highest BCUT2D eigenvalue weighted by Gasteiger charge is 2.58. The van der Waals surface area contributed by atoms with E-state index in [0.29, 0.717) is 27.5 Å². The van der Waals surface area contributed by atoms with E-state index in [-0.39, 0.29) is 22.6 Å². The Bertz CT molecular complexity index is 1300. The van der Waals surface area contributed by atoms with Crippen molar-refractivity contribution in [2.45, 2.75) is 89.7 Å². The maximum absolute atomic E-state index is 14.1. The maximum Gasteiger partial charge on any atom is 0.194 e. The number of carbonyl (C=O) groups excluding carboxylic acids is 1. The Morgan fingerprint density at radius 2 is 1.85 bits per heavy atom. The van der Waals surface area contributed by atoms with E-state index >= 15 is 0 Å². The first-order valence-corrected chi connectivity index (χ1v) is 16.5. The van der Waals surface area contributed by atoms with Crippen LogP contribution >= 0.6 is 23.2 Å². The number of halogens is 2. The van der Waals surface area contributed by atoms with E-state index in [1.54, 1.807) is 42.1 Å². The summed E-state index contributed by atoms with van der Waals surface area (Å²) in [6, 6.07) is 6.99. The normalized spacial score (nSPS) is 25.1. The minimum absolute atomic E-state index is 0.0171. The van der Waals surface area contributed by atoms with Gasteiger partial charge in [0, 0.05) is 23.8 Å². The van der Waals surface area contributed by atoms with Gasteiger partial charge in [-0.15, -0.1) is 0 Å². The third-order valence-electron chi connectivity index (χ3n) is 7.74. The van der Waals surface area contributed by atoms with E-state index in [9.17, 15) is 4.79 Å². The standard InChI is InChI=1S/C28H37Cl2N3O5Si/c1-27(2,3)39(8,9)35-15-16-14-17(29)10-11-18(16)20(34)21-22-23(38-28(4,5)37-22)26(36-21)33-13-12-19(24(30)31-6)25(33)32-7/h10-14,21-23,26H,7,15H2,1-6,8-9H3/b31-24+/t21-,22-,23-,26-/m1/s1. The van der Waals surface area contributed by atoms with Gasteiger partial charge in [-0.05, 0) is 68.5 Å². The van der Waals surface area contributed by atoms with Crippen LogP contribution < -0.4 is 0 Å². The maximum atomic E-state index is 14.1. The molecular formula is C28H37Cl2N3O5Si. The van der Waals surface area contributed by atoms with Crippen LogP contribution in [0.15, 0.2) is 40.4 Å². The smallest absolute Gasteiger partial charge is 0.194 e. The van der Waals surface area contributed by atoms with Crippen LogP contribution in [0.3, 0.4) is 0 Å². The fraction of sp³-hybridized carbons (Fsp3) is 0.536. The monoisotopic (exact) mass is 593 g/mol. The fourth-order valence-corrected chi connectivity index (χ4v) is 5.95. The number of carbonyl (C=O) groups is 1. The first kappa shape index (κ1) is 30.1. The summed E-state index contributed by atoms with van der Waals surface area (Å²) in [6.07, 6.45) is -1.10. The summed E-state index contributed by atoms with van der Waals surface area (Å²) in [5.74, 6) is -0.677. The number of hydrogen-bond donors (Lipinski definition) is 0. The predicted molar refractivity (Wildman–Crippen MR) is 157 cm³/mol. The molecular weight excluding hydrogens is 557 g/mol. The Morgan fingerprint density at radius 1 is 1.18 bits per heavy atom. The zero-order valence-electron chi connectivity index (χ0n) is 23.7. The molecule has 0 unspecified atom stereocenters. The average molecular weight is 595 g/mol. The molecule has 4 atom stereocenters. The molecule has 2 aliphatic heterocycles. The van der Waals surface area contributed by atoms with E-state index in [0.717, 1.165) is 0 Å². The van der Waals surface area contributed by atoms with Crippen molar-refractivity contribution in [2.75, 3.05) is 7.05 Å². The van der Waals surface area contributed by atoms with Crippen molar-refractivity contribution in [1.82, 2.24) is 4.57 Å². The molecule has 2 fully saturated rings. The number of benzene rings is 1. The number of aromatic nitrogens is 1. The number of ketones is 1. The summed E-state index contributed by atoms with van der Waals surface area (Å²) in [7, 11) is -0.486. The van der Waals surface area contributed by atoms with Crippen molar-refractivity contribution in [3.05, 3.63) is 52.2 Å². The number of nitrogens with zero attached hydrogens (tertiary/aromatic N) is 3. The Kier molecular flexibility index (Phi) is 8.38. The molecule has 2 saturated heterocycles. The molecule has 2 aliphatic rings. The number of fused-ring (bicyclic) bond motifs is 1. The van der Waals surface area contributed by atoms with Crippen molar-refractivity contribution in [3.8, 4) is 0 Å². The summed E-state index contributed by atoms with van der Waals surface area (Å²) in [6.45, 7) is 18.5. The van der Waals surface area contributed by atoms with Crippen LogP contribution in [0.4, 0.5) is 5.82 Å². The van der Waals surface area contributed by atoms with E-state index in [2.05, 4.69) is 50.6 Å². The van der Waals surface area contributed by atoms with Crippen molar-refractivity contribution >= 4 is 55.0 Å². The van der Waals surface area contributed by atoms with Gasteiger partial charge >= 0.3 is 0 Å². The second-order valence-electron chi connectivity index (χ2n) is 11.9. The Labute approximate surface area is 241 Å². The highest BCUT2D eigenvalue weighted by Crippen LogP contribution is 2.46. The van der Waals surface area contributed by atoms with Gasteiger partial charge in [-0.2, -0.15) is 0 Å². The molecule has 0 bridgehead atoms. The van der Waals surface area contributed by atoms with Gasteiger partial charge in [0.2, 0.25) is 0 Å². The number of aliphatic imine (C=N–C) groups is 2. The van der Waals surface area contributed by atoms with Gasteiger partial charge in [0.25, 0.3) is 0 Å². The molecule has 0 saturated carbocycles. The van der Waals surface area contributed by atoms with Crippen LogP contribution in [0.5, 0.6) is 0 Å². The second kappa shape index (κ2) is 10.9. The zero-order valence-corrected chi connectivity index (χ0v) is 26.3. The van der Waals surface area contributed by atoms with Gasteiger partial charge in [-0.25, -0.2) is 4.99 Å². The molecule has 0 radical (unpaired) electrons. The van der Waals surface area contributed by atoms with Crippen LogP contribution in [0.2, 0.25) is 23.2 Å². The lowest BCUT2D eigenvalue weighted by atomic mass is 9.97. The number of hydrogen-bond acceptors (Lipinski definition) is 7. The van der Waals surface area contributed by atoms with E-state index in [4.69, 9.17) is 41.8 Å². The number of ether oxygens (including phenoxy) is 3.